The molecular formula is C22H26FNO4. The molecule has 5 nitrogen and oxygen atoms in total. The Morgan fingerprint density at radius 2 is 1.93 bits per heavy atom. The lowest BCUT2D eigenvalue weighted by atomic mass is 9.74. The van der Waals surface area contributed by atoms with Crippen LogP contribution in [0.2, 0.25) is 0 Å². The fourth-order valence-corrected chi connectivity index (χ4v) is 3.98. The number of aromatic hydroxyl groups is 2. The van der Waals surface area contributed by atoms with Gasteiger partial charge < -0.3 is 20.6 Å². The van der Waals surface area contributed by atoms with E-state index in [-0.39, 0.29) is 24.0 Å². The molecule has 0 aromatic heterocycles. The van der Waals surface area contributed by atoms with Gasteiger partial charge in [0.25, 0.3) is 0 Å². The molecule has 0 heterocycles. The number of rotatable bonds is 5. The molecule has 2 aromatic rings. The van der Waals surface area contributed by atoms with Gasteiger partial charge in [-0.3, -0.25) is 4.79 Å². The van der Waals surface area contributed by atoms with Crippen molar-refractivity contribution in [2.24, 2.45) is 5.92 Å². The van der Waals surface area contributed by atoms with E-state index < -0.39 is 16.8 Å². The van der Waals surface area contributed by atoms with Crippen LogP contribution in [0.5, 0.6) is 11.5 Å². The topological polar surface area (TPSA) is 89.8 Å². The Bertz CT molecular complexity index is 942. The minimum absolute atomic E-state index is 0.106. The molecule has 0 aliphatic heterocycles. The van der Waals surface area contributed by atoms with Crippen molar-refractivity contribution in [1.29, 1.82) is 0 Å². The van der Waals surface area contributed by atoms with Crippen molar-refractivity contribution >= 4 is 0 Å². The van der Waals surface area contributed by atoms with E-state index in [1.165, 1.54) is 12.1 Å². The Labute approximate surface area is 163 Å². The molecule has 150 valence electrons. The average Bonchev–Trinajstić information content (AvgIpc) is 2.74. The van der Waals surface area contributed by atoms with E-state index in [1.807, 2.05) is 0 Å². The second-order valence-electron chi connectivity index (χ2n) is 7.84. The van der Waals surface area contributed by atoms with Gasteiger partial charge in [-0.25, -0.2) is 4.39 Å². The number of halogens is 1. The number of hydrogen-bond donors (Lipinski definition) is 4. The van der Waals surface area contributed by atoms with E-state index in [4.69, 9.17) is 0 Å². The van der Waals surface area contributed by atoms with Crippen molar-refractivity contribution in [2.75, 3.05) is 6.54 Å². The maximum Gasteiger partial charge on any atom is 0.224 e. The zero-order valence-corrected chi connectivity index (χ0v) is 16.1. The number of benzene rings is 1. The van der Waals surface area contributed by atoms with Gasteiger partial charge in [-0.1, -0.05) is 18.2 Å². The lowest BCUT2D eigenvalue weighted by molar-refractivity contribution is -0.00635. The molecule has 28 heavy (non-hydrogen) atoms. The molecule has 2 aromatic carbocycles. The van der Waals surface area contributed by atoms with Crippen LogP contribution in [-0.4, -0.2) is 27.5 Å². The first-order valence-corrected chi connectivity index (χ1v) is 9.45. The lowest BCUT2D eigenvalue weighted by Crippen LogP contribution is -2.46. The molecule has 0 saturated heterocycles. The Balaban J connectivity index is 1.75. The van der Waals surface area contributed by atoms with Gasteiger partial charge in [-0.05, 0) is 62.3 Å². The number of fused-ring (bicyclic) bond motifs is 1. The van der Waals surface area contributed by atoms with Gasteiger partial charge in [0.2, 0.25) is 11.2 Å². The highest BCUT2D eigenvalue weighted by molar-refractivity contribution is 5.51. The summed E-state index contributed by atoms with van der Waals surface area (Å²) in [5.74, 6) is -1.37. The third kappa shape index (κ3) is 4.03. The van der Waals surface area contributed by atoms with E-state index in [1.54, 1.807) is 32.0 Å². The molecule has 4 N–H and O–H groups in total. The van der Waals surface area contributed by atoms with Crippen molar-refractivity contribution in [1.82, 2.24) is 5.32 Å². The van der Waals surface area contributed by atoms with Crippen LogP contribution in [0.25, 0.3) is 0 Å². The zero-order chi connectivity index (χ0) is 20.5. The van der Waals surface area contributed by atoms with Crippen LogP contribution in [-0.2, 0) is 19.4 Å². The summed E-state index contributed by atoms with van der Waals surface area (Å²) in [5, 5.41) is 34.2. The van der Waals surface area contributed by atoms with E-state index in [9.17, 15) is 24.5 Å². The fourth-order valence-electron chi connectivity index (χ4n) is 3.98. The third-order valence-corrected chi connectivity index (χ3v) is 5.76. The van der Waals surface area contributed by atoms with E-state index in [0.717, 1.165) is 5.56 Å². The first-order valence-electron chi connectivity index (χ1n) is 9.45. The fraction of sp³-hybridized carbons (Fsp3) is 0.409. The molecule has 1 unspecified atom stereocenters. The third-order valence-electron chi connectivity index (χ3n) is 5.76. The van der Waals surface area contributed by atoms with Gasteiger partial charge in [0, 0.05) is 24.2 Å². The van der Waals surface area contributed by atoms with Gasteiger partial charge in [0.15, 0.2) is 5.75 Å². The summed E-state index contributed by atoms with van der Waals surface area (Å²) in [6.07, 6.45) is 1.54. The maximum atomic E-state index is 13.7. The molecule has 0 spiro atoms. The molecule has 1 aliphatic rings. The molecule has 2 atom stereocenters. The molecule has 0 fully saturated rings. The summed E-state index contributed by atoms with van der Waals surface area (Å²) >= 11 is 0. The van der Waals surface area contributed by atoms with Crippen molar-refractivity contribution in [3.63, 3.8) is 0 Å². The Morgan fingerprint density at radius 3 is 2.64 bits per heavy atom. The van der Waals surface area contributed by atoms with Crippen LogP contribution < -0.4 is 10.7 Å². The highest BCUT2D eigenvalue weighted by Gasteiger charge is 2.35. The van der Waals surface area contributed by atoms with Crippen molar-refractivity contribution in [2.45, 2.75) is 45.3 Å². The standard InChI is InChI=1S/C22H26FNO4/c1-13-9-19(25)21(27)20(26)16-8-7-15(10-17(13)16)22(2,28)12-24-11-14-5-3-4-6-18(14)23/h3-6,9,15,24,28H,7-8,10-12H2,1-2H3,(H2,25,26,27)/t15-,22?/m0/s1. The Kier molecular flexibility index (Phi) is 5.72. The molecule has 6 heteroatoms. The minimum atomic E-state index is -1.05. The van der Waals surface area contributed by atoms with Crippen molar-refractivity contribution in [3.8, 4) is 11.5 Å². The van der Waals surface area contributed by atoms with Crippen LogP contribution in [0.4, 0.5) is 4.39 Å². The molecule has 0 saturated carbocycles. The molecule has 1 aliphatic carbocycles. The SMILES string of the molecule is Cc1cc(=O)c(O)c(O)c2c1C[C@@H](C(C)(O)CNCc1ccccc1F)CC2. The summed E-state index contributed by atoms with van der Waals surface area (Å²) in [5.41, 5.74) is 0.930. The Morgan fingerprint density at radius 1 is 1.21 bits per heavy atom. The van der Waals surface area contributed by atoms with E-state index >= 15 is 0 Å². The lowest BCUT2D eigenvalue weighted by Gasteiger charge is -2.37. The van der Waals surface area contributed by atoms with Gasteiger partial charge in [-0.2, -0.15) is 0 Å². The minimum Gasteiger partial charge on any atom is -0.504 e. The van der Waals surface area contributed by atoms with Gasteiger partial charge in [-0.15, -0.1) is 0 Å². The van der Waals surface area contributed by atoms with E-state index in [0.29, 0.717) is 42.5 Å². The largest absolute Gasteiger partial charge is 0.504 e. The van der Waals surface area contributed by atoms with Crippen LogP contribution >= 0.6 is 0 Å². The summed E-state index contributed by atoms with van der Waals surface area (Å²) in [6, 6.07) is 7.83. The summed E-state index contributed by atoms with van der Waals surface area (Å²) in [7, 11) is 0. The number of aliphatic hydroxyl groups is 1. The number of nitrogens with one attached hydrogen (secondary N) is 1. The van der Waals surface area contributed by atoms with Crippen molar-refractivity contribution < 1.29 is 19.7 Å². The number of hydrogen-bond acceptors (Lipinski definition) is 5. The predicted octanol–water partition coefficient (Wildman–Crippen LogP) is 2.55. The summed E-state index contributed by atoms with van der Waals surface area (Å²) in [6.45, 7) is 4.11. The van der Waals surface area contributed by atoms with Crippen LogP contribution in [0.15, 0.2) is 35.1 Å². The first-order chi connectivity index (χ1) is 13.2. The first kappa shape index (κ1) is 20.3. The molecular weight excluding hydrogens is 361 g/mol. The van der Waals surface area contributed by atoms with Crippen LogP contribution in [0, 0.1) is 18.7 Å². The molecule has 0 radical (unpaired) electrons. The second-order valence-corrected chi connectivity index (χ2v) is 7.84. The smallest absolute Gasteiger partial charge is 0.224 e. The van der Waals surface area contributed by atoms with Crippen LogP contribution in [0.1, 0.15) is 35.6 Å². The monoisotopic (exact) mass is 387 g/mol. The quantitative estimate of drug-likeness (QED) is 0.633. The van der Waals surface area contributed by atoms with Crippen molar-refractivity contribution in [3.05, 3.63) is 68.6 Å². The van der Waals surface area contributed by atoms with E-state index in [2.05, 4.69) is 5.32 Å². The van der Waals surface area contributed by atoms with Crippen LogP contribution in [0.3, 0.4) is 0 Å². The Hall–Kier alpha value is -2.44. The zero-order valence-electron chi connectivity index (χ0n) is 16.1. The highest BCUT2D eigenvalue weighted by Crippen LogP contribution is 2.39. The molecule has 0 bridgehead atoms. The normalized spacial score (nSPS) is 18.4. The molecule has 0 amide bonds. The summed E-state index contributed by atoms with van der Waals surface area (Å²) in [4.78, 5) is 11.9. The number of aryl methyl sites for hydroxylation is 1. The van der Waals surface area contributed by atoms with Gasteiger partial charge >= 0.3 is 0 Å². The average molecular weight is 387 g/mol. The van der Waals surface area contributed by atoms with Gasteiger partial charge in [0.05, 0.1) is 5.60 Å². The predicted molar refractivity (Wildman–Crippen MR) is 105 cm³/mol. The van der Waals surface area contributed by atoms with Gasteiger partial charge in [0.1, 0.15) is 5.82 Å². The highest BCUT2D eigenvalue weighted by atomic mass is 19.1. The second kappa shape index (κ2) is 7.89. The maximum absolute atomic E-state index is 13.7. The molecule has 3 rings (SSSR count). The summed E-state index contributed by atoms with van der Waals surface area (Å²) < 4.78 is 13.7.